The number of rotatable bonds is 5. The molecule has 1 saturated heterocycles. The fraction of sp³-hybridized carbons (Fsp3) is 0.583. The average molecular weight is 269 g/mol. The van der Waals surface area contributed by atoms with Crippen LogP contribution >= 0.6 is 11.3 Å². The van der Waals surface area contributed by atoms with E-state index in [9.17, 15) is 4.79 Å². The minimum Gasteiger partial charge on any atom is -0.496 e. The van der Waals surface area contributed by atoms with Gasteiger partial charge in [-0.05, 0) is 0 Å². The second-order valence-corrected chi connectivity index (χ2v) is 5.11. The molecule has 0 aliphatic carbocycles. The number of nitrogens with zero attached hydrogens (tertiary/aromatic N) is 1. The fourth-order valence-corrected chi connectivity index (χ4v) is 2.67. The van der Waals surface area contributed by atoms with Crippen molar-refractivity contribution in [3.8, 4) is 5.75 Å². The maximum atomic E-state index is 11.8. The van der Waals surface area contributed by atoms with E-state index in [2.05, 4.69) is 15.5 Å². The van der Waals surface area contributed by atoms with Crippen molar-refractivity contribution in [2.75, 3.05) is 46.4 Å². The monoisotopic (exact) mass is 269 g/mol. The number of methoxy groups -OCH3 is 1. The molecule has 1 aliphatic rings. The number of nitrogens with one attached hydrogen (secondary N) is 2. The minimum atomic E-state index is -0.0153. The summed E-state index contributed by atoms with van der Waals surface area (Å²) < 4.78 is 5.06. The Morgan fingerprint density at radius 1 is 1.56 bits per heavy atom. The third-order valence-electron chi connectivity index (χ3n) is 2.96. The van der Waals surface area contributed by atoms with Gasteiger partial charge in [0.25, 0.3) is 5.91 Å². The molecule has 2 rings (SSSR count). The minimum absolute atomic E-state index is 0.0153. The standard InChI is InChI=1S/C12H19N3O2S/c1-17-10-8-11(18-9-10)12(16)14-4-7-15-5-2-13-3-6-15/h8-9,13H,2-7H2,1H3,(H,14,16). The number of ether oxygens (including phenoxy) is 1. The van der Waals surface area contributed by atoms with Crippen LogP contribution in [0.1, 0.15) is 9.67 Å². The van der Waals surface area contributed by atoms with Crippen LogP contribution in [0.25, 0.3) is 0 Å². The van der Waals surface area contributed by atoms with E-state index in [-0.39, 0.29) is 5.91 Å². The third kappa shape index (κ3) is 3.69. The molecular weight excluding hydrogens is 250 g/mol. The van der Waals surface area contributed by atoms with E-state index in [0.717, 1.165) is 38.5 Å². The molecule has 1 amide bonds. The fourth-order valence-electron chi connectivity index (χ4n) is 1.89. The van der Waals surface area contributed by atoms with Crippen LogP contribution in [0.3, 0.4) is 0 Å². The summed E-state index contributed by atoms with van der Waals surface area (Å²) in [5.74, 6) is 0.727. The first kappa shape index (κ1) is 13.3. The molecule has 0 radical (unpaired) electrons. The van der Waals surface area contributed by atoms with Crippen LogP contribution in [-0.2, 0) is 0 Å². The normalized spacial score (nSPS) is 16.5. The number of hydrogen-bond acceptors (Lipinski definition) is 5. The zero-order valence-electron chi connectivity index (χ0n) is 10.6. The van der Waals surface area contributed by atoms with Crippen LogP contribution in [0.15, 0.2) is 11.4 Å². The van der Waals surface area contributed by atoms with E-state index in [1.807, 2.05) is 5.38 Å². The van der Waals surface area contributed by atoms with Crippen LogP contribution < -0.4 is 15.4 Å². The van der Waals surface area contributed by atoms with Crippen LogP contribution in [0.4, 0.5) is 0 Å². The quantitative estimate of drug-likeness (QED) is 0.812. The molecule has 0 spiro atoms. The van der Waals surface area contributed by atoms with Crippen LogP contribution in [0, 0.1) is 0 Å². The highest BCUT2D eigenvalue weighted by molar-refractivity contribution is 7.12. The van der Waals surface area contributed by atoms with Gasteiger partial charge in [-0.3, -0.25) is 9.69 Å². The van der Waals surface area contributed by atoms with E-state index in [1.165, 1.54) is 11.3 Å². The summed E-state index contributed by atoms with van der Waals surface area (Å²) in [5.41, 5.74) is 0. The number of piperazine rings is 1. The number of thiophene rings is 1. The summed E-state index contributed by atoms with van der Waals surface area (Å²) in [7, 11) is 1.61. The van der Waals surface area contributed by atoms with Gasteiger partial charge in [-0.25, -0.2) is 0 Å². The van der Waals surface area contributed by atoms with Gasteiger partial charge in [-0.15, -0.1) is 11.3 Å². The van der Waals surface area contributed by atoms with Gasteiger partial charge in [0.2, 0.25) is 0 Å². The van der Waals surface area contributed by atoms with Crippen molar-refractivity contribution in [3.05, 3.63) is 16.3 Å². The lowest BCUT2D eigenvalue weighted by Crippen LogP contribution is -2.46. The number of amides is 1. The molecule has 6 heteroatoms. The molecule has 2 heterocycles. The maximum absolute atomic E-state index is 11.8. The predicted molar refractivity (Wildman–Crippen MR) is 72.5 cm³/mol. The molecule has 0 unspecified atom stereocenters. The summed E-state index contributed by atoms with van der Waals surface area (Å²) in [6, 6.07) is 1.77. The molecule has 1 aliphatic heterocycles. The predicted octanol–water partition coefficient (Wildman–Crippen LogP) is 0.392. The zero-order valence-corrected chi connectivity index (χ0v) is 11.4. The van der Waals surface area contributed by atoms with Crippen molar-refractivity contribution in [2.24, 2.45) is 0 Å². The first-order chi connectivity index (χ1) is 8.79. The van der Waals surface area contributed by atoms with Gasteiger partial charge >= 0.3 is 0 Å². The largest absolute Gasteiger partial charge is 0.496 e. The smallest absolute Gasteiger partial charge is 0.261 e. The number of hydrogen-bond donors (Lipinski definition) is 2. The highest BCUT2D eigenvalue weighted by Crippen LogP contribution is 2.20. The lowest BCUT2D eigenvalue weighted by Gasteiger charge is -2.26. The second-order valence-electron chi connectivity index (χ2n) is 4.20. The van der Waals surface area contributed by atoms with E-state index in [0.29, 0.717) is 11.4 Å². The van der Waals surface area contributed by atoms with Gasteiger partial charge in [0, 0.05) is 50.7 Å². The Hall–Kier alpha value is -1.11. The first-order valence-electron chi connectivity index (χ1n) is 6.13. The molecule has 18 heavy (non-hydrogen) atoms. The highest BCUT2D eigenvalue weighted by Gasteiger charge is 2.11. The molecule has 2 N–H and O–H groups in total. The van der Waals surface area contributed by atoms with Gasteiger partial charge in [0.1, 0.15) is 5.75 Å². The molecule has 5 nitrogen and oxygen atoms in total. The first-order valence-corrected chi connectivity index (χ1v) is 7.01. The Bertz CT molecular complexity index is 388. The second kappa shape index (κ2) is 6.72. The Balaban J connectivity index is 1.70. The van der Waals surface area contributed by atoms with Crippen LogP contribution in [0.5, 0.6) is 5.75 Å². The summed E-state index contributed by atoms with van der Waals surface area (Å²) >= 11 is 1.41. The van der Waals surface area contributed by atoms with Gasteiger partial charge in [-0.1, -0.05) is 0 Å². The maximum Gasteiger partial charge on any atom is 0.261 e. The van der Waals surface area contributed by atoms with E-state index < -0.39 is 0 Å². The van der Waals surface area contributed by atoms with Gasteiger partial charge in [-0.2, -0.15) is 0 Å². The van der Waals surface area contributed by atoms with Crippen molar-refractivity contribution in [3.63, 3.8) is 0 Å². The van der Waals surface area contributed by atoms with Crippen molar-refractivity contribution in [1.82, 2.24) is 15.5 Å². The van der Waals surface area contributed by atoms with E-state index in [4.69, 9.17) is 4.74 Å². The lowest BCUT2D eigenvalue weighted by molar-refractivity contribution is 0.0951. The zero-order chi connectivity index (χ0) is 12.8. The molecule has 0 atom stereocenters. The molecule has 1 aromatic rings. The topological polar surface area (TPSA) is 53.6 Å². The SMILES string of the molecule is COc1csc(C(=O)NCCN2CCNCC2)c1. The van der Waals surface area contributed by atoms with Crippen molar-refractivity contribution in [1.29, 1.82) is 0 Å². The van der Waals surface area contributed by atoms with Crippen LogP contribution in [-0.4, -0.2) is 57.2 Å². The number of carbonyl (C=O) groups excluding carboxylic acids is 1. The lowest BCUT2D eigenvalue weighted by atomic mass is 10.3. The summed E-state index contributed by atoms with van der Waals surface area (Å²) in [4.78, 5) is 14.9. The van der Waals surface area contributed by atoms with Crippen molar-refractivity contribution in [2.45, 2.75) is 0 Å². The molecule has 0 bridgehead atoms. The molecular formula is C12H19N3O2S. The molecule has 1 fully saturated rings. The average Bonchev–Trinajstić information content (AvgIpc) is 2.89. The summed E-state index contributed by atoms with van der Waals surface area (Å²) in [6.45, 7) is 5.80. The molecule has 100 valence electrons. The summed E-state index contributed by atoms with van der Waals surface area (Å²) in [5, 5.41) is 8.08. The van der Waals surface area contributed by atoms with Crippen molar-refractivity contribution >= 4 is 17.2 Å². The van der Waals surface area contributed by atoms with Crippen LogP contribution in [0.2, 0.25) is 0 Å². The molecule has 1 aromatic heterocycles. The Labute approximate surface area is 111 Å². The van der Waals surface area contributed by atoms with Crippen molar-refractivity contribution < 1.29 is 9.53 Å². The number of carbonyl (C=O) groups is 1. The highest BCUT2D eigenvalue weighted by atomic mass is 32.1. The van der Waals surface area contributed by atoms with Gasteiger partial charge < -0.3 is 15.4 Å². The molecule has 0 aromatic carbocycles. The Kier molecular flexibility index (Phi) is 4.98. The van der Waals surface area contributed by atoms with Gasteiger partial charge in [0.05, 0.1) is 12.0 Å². The summed E-state index contributed by atoms with van der Waals surface area (Å²) in [6.07, 6.45) is 0. The van der Waals surface area contributed by atoms with E-state index >= 15 is 0 Å². The Morgan fingerprint density at radius 2 is 2.33 bits per heavy atom. The van der Waals surface area contributed by atoms with Gasteiger partial charge in [0.15, 0.2) is 0 Å². The Morgan fingerprint density at radius 3 is 3.00 bits per heavy atom. The molecule has 0 saturated carbocycles. The van der Waals surface area contributed by atoms with E-state index in [1.54, 1.807) is 13.2 Å². The third-order valence-corrected chi connectivity index (χ3v) is 3.87.